The molecule has 0 saturated carbocycles. The number of nitrogens with one attached hydrogen (secondary N) is 2. The van der Waals surface area contributed by atoms with Crippen LogP contribution in [0.15, 0.2) is 104 Å². The van der Waals surface area contributed by atoms with Crippen molar-refractivity contribution in [2.24, 2.45) is 0 Å². The lowest BCUT2D eigenvalue weighted by atomic mass is 10.1. The van der Waals surface area contributed by atoms with Crippen LogP contribution in [0.3, 0.4) is 0 Å². The fourth-order valence-corrected chi connectivity index (χ4v) is 9.48. The van der Waals surface area contributed by atoms with Crippen LogP contribution in [0.5, 0.6) is 0 Å². The molecular weight excluding hydrogens is 500 g/mol. The van der Waals surface area contributed by atoms with Crippen LogP contribution in [-0.2, 0) is 15.7 Å². The lowest BCUT2D eigenvalue weighted by Crippen LogP contribution is -2.68. The van der Waals surface area contributed by atoms with E-state index in [4.69, 9.17) is 9.16 Å². The zero-order valence-corrected chi connectivity index (χ0v) is 25.2. The summed E-state index contributed by atoms with van der Waals surface area (Å²) < 4.78 is 12.8. The van der Waals surface area contributed by atoms with E-state index in [1.54, 1.807) is 0 Å². The van der Waals surface area contributed by atoms with Gasteiger partial charge in [-0.1, -0.05) is 118 Å². The molecule has 5 nitrogen and oxygen atoms in total. The highest BCUT2D eigenvalue weighted by Crippen LogP contribution is 2.37. The van der Waals surface area contributed by atoms with Crippen molar-refractivity contribution in [3.8, 4) is 0 Å². The molecule has 0 aliphatic heterocycles. The molecule has 0 unspecified atom stereocenters. The van der Waals surface area contributed by atoms with Gasteiger partial charge in [0.05, 0.1) is 12.6 Å². The number of rotatable bonds is 11. The number of hydrogen-bond donors (Lipinski definition) is 2. The smallest absolute Gasteiger partial charge is 0.408 e. The summed E-state index contributed by atoms with van der Waals surface area (Å²) >= 11 is 0. The van der Waals surface area contributed by atoms with E-state index in [0.717, 1.165) is 5.56 Å². The molecule has 0 aliphatic carbocycles. The fourth-order valence-electron chi connectivity index (χ4n) is 4.89. The van der Waals surface area contributed by atoms with Crippen LogP contribution < -0.4 is 21.0 Å². The average Bonchev–Trinajstić information content (AvgIpc) is 2.89. The maximum atomic E-state index is 13.0. The highest BCUT2D eigenvalue weighted by molar-refractivity contribution is 6.99. The highest BCUT2D eigenvalue weighted by Gasteiger charge is 2.50. The molecule has 6 heteroatoms. The Morgan fingerprint density at radius 2 is 1.33 bits per heavy atom. The molecule has 0 fully saturated rings. The largest absolute Gasteiger partial charge is 0.444 e. The summed E-state index contributed by atoms with van der Waals surface area (Å²) in [6, 6.07) is 30.5. The van der Waals surface area contributed by atoms with E-state index < -0.39 is 26.1 Å². The first-order chi connectivity index (χ1) is 18.5. The molecule has 0 radical (unpaired) electrons. The predicted molar refractivity (Wildman–Crippen MR) is 164 cm³/mol. The Morgan fingerprint density at radius 1 is 0.846 bits per heavy atom. The molecular formula is C33H44N2O3Si. The van der Waals surface area contributed by atoms with Crippen molar-refractivity contribution in [2.45, 2.75) is 70.8 Å². The number of alkyl carbamates (subject to hydrolysis) is 1. The Kier molecular flexibility index (Phi) is 10.3. The van der Waals surface area contributed by atoms with E-state index in [2.05, 4.69) is 98.6 Å². The summed E-state index contributed by atoms with van der Waals surface area (Å²) in [5, 5.41) is 8.83. The Morgan fingerprint density at radius 3 is 1.77 bits per heavy atom. The van der Waals surface area contributed by atoms with Gasteiger partial charge in [-0.25, -0.2) is 4.79 Å². The molecule has 0 aliphatic rings. The van der Waals surface area contributed by atoms with Gasteiger partial charge in [-0.05, 0) is 41.7 Å². The van der Waals surface area contributed by atoms with Crippen molar-refractivity contribution in [1.29, 1.82) is 0 Å². The van der Waals surface area contributed by atoms with Gasteiger partial charge in [0, 0.05) is 12.6 Å². The standard InChI is InChI=1S/C33H44N2O3Si/c1-8-29(34-24-26-18-12-9-13-19-26)30(35-31(36)38-32(2,3)4)25-37-39(33(5,6)7,27-20-14-10-15-21-27)28-22-16-11-17-23-28/h8-23,29-30,34H,1,24-25H2,2-7H3,(H,35,36)/t29-,30+/m1/s1. The highest BCUT2D eigenvalue weighted by atomic mass is 28.4. The normalized spacial score (nSPS) is 13.8. The van der Waals surface area contributed by atoms with Gasteiger partial charge < -0.3 is 19.8 Å². The number of ether oxygens (including phenoxy) is 1. The van der Waals surface area contributed by atoms with Crippen molar-refractivity contribution in [3.05, 3.63) is 109 Å². The molecule has 2 atom stereocenters. The molecule has 0 saturated heterocycles. The molecule has 0 bridgehead atoms. The molecule has 3 aromatic carbocycles. The summed E-state index contributed by atoms with van der Waals surface area (Å²) in [7, 11) is -2.81. The molecule has 39 heavy (non-hydrogen) atoms. The van der Waals surface area contributed by atoms with Crippen LogP contribution in [0.4, 0.5) is 4.79 Å². The van der Waals surface area contributed by atoms with Gasteiger partial charge in [-0.2, -0.15) is 0 Å². The van der Waals surface area contributed by atoms with E-state index in [-0.39, 0.29) is 17.7 Å². The maximum Gasteiger partial charge on any atom is 0.408 e. The van der Waals surface area contributed by atoms with Crippen LogP contribution in [0.1, 0.15) is 47.1 Å². The van der Waals surface area contributed by atoms with Gasteiger partial charge in [0.1, 0.15) is 5.60 Å². The van der Waals surface area contributed by atoms with Crippen LogP contribution >= 0.6 is 0 Å². The minimum absolute atomic E-state index is 0.187. The molecule has 3 aromatic rings. The quantitative estimate of drug-likeness (QED) is 0.237. The Bertz CT molecular complexity index is 1130. The maximum absolute atomic E-state index is 13.0. The van der Waals surface area contributed by atoms with Crippen LogP contribution in [0, 0.1) is 0 Å². The van der Waals surface area contributed by atoms with Crippen molar-refractivity contribution in [2.75, 3.05) is 6.61 Å². The van der Waals surface area contributed by atoms with Crippen LogP contribution in [-0.4, -0.2) is 38.7 Å². The number of amides is 1. The Balaban J connectivity index is 1.98. The Hall–Kier alpha value is -3.19. The van der Waals surface area contributed by atoms with E-state index in [1.165, 1.54) is 10.4 Å². The summed E-state index contributed by atoms with van der Waals surface area (Å²) in [4.78, 5) is 13.0. The van der Waals surface area contributed by atoms with Gasteiger partial charge in [0.25, 0.3) is 8.32 Å². The van der Waals surface area contributed by atoms with E-state index in [0.29, 0.717) is 6.54 Å². The summed E-state index contributed by atoms with van der Waals surface area (Å²) in [6.07, 6.45) is 1.35. The summed E-state index contributed by atoms with van der Waals surface area (Å²) in [6.45, 7) is 17.3. The summed E-state index contributed by atoms with van der Waals surface area (Å²) in [5.41, 5.74) is 0.530. The molecule has 0 heterocycles. The Labute approximate surface area is 235 Å². The third kappa shape index (κ3) is 8.15. The average molecular weight is 545 g/mol. The predicted octanol–water partition coefficient (Wildman–Crippen LogP) is 5.80. The van der Waals surface area contributed by atoms with Gasteiger partial charge in [0.2, 0.25) is 0 Å². The molecule has 3 rings (SSSR count). The number of carbonyl (C=O) groups excluding carboxylic acids is 1. The fraction of sp³-hybridized carbons (Fsp3) is 0.364. The molecule has 1 amide bonds. The topological polar surface area (TPSA) is 59.6 Å². The monoisotopic (exact) mass is 544 g/mol. The van der Waals surface area contributed by atoms with Crippen LogP contribution in [0.25, 0.3) is 0 Å². The minimum Gasteiger partial charge on any atom is -0.444 e. The molecule has 2 N–H and O–H groups in total. The van der Waals surface area contributed by atoms with Crippen molar-refractivity contribution < 1.29 is 14.0 Å². The number of benzene rings is 3. The van der Waals surface area contributed by atoms with E-state index in [1.807, 2.05) is 57.2 Å². The lowest BCUT2D eigenvalue weighted by molar-refractivity contribution is 0.0476. The van der Waals surface area contributed by atoms with E-state index in [9.17, 15) is 4.79 Å². The first kappa shape index (κ1) is 30.3. The van der Waals surface area contributed by atoms with Gasteiger partial charge >= 0.3 is 6.09 Å². The number of carbonyl (C=O) groups is 1. The molecule has 0 aromatic heterocycles. The van der Waals surface area contributed by atoms with Gasteiger partial charge in [-0.15, -0.1) is 6.58 Å². The second-order valence-corrected chi connectivity index (χ2v) is 16.2. The molecule has 0 spiro atoms. The van der Waals surface area contributed by atoms with Crippen LogP contribution in [0.2, 0.25) is 5.04 Å². The second-order valence-electron chi connectivity index (χ2n) is 11.9. The van der Waals surface area contributed by atoms with Gasteiger partial charge in [0.15, 0.2) is 0 Å². The zero-order chi connectivity index (χ0) is 28.5. The third-order valence-electron chi connectivity index (χ3n) is 6.67. The zero-order valence-electron chi connectivity index (χ0n) is 24.2. The minimum atomic E-state index is -2.81. The first-order valence-electron chi connectivity index (χ1n) is 13.6. The molecule has 208 valence electrons. The van der Waals surface area contributed by atoms with Gasteiger partial charge in [-0.3, -0.25) is 0 Å². The van der Waals surface area contributed by atoms with Crippen molar-refractivity contribution >= 4 is 24.8 Å². The number of hydrogen-bond acceptors (Lipinski definition) is 4. The third-order valence-corrected chi connectivity index (χ3v) is 11.7. The van der Waals surface area contributed by atoms with E-state index >= 15 is 0 Å². The van der Waals surface area contributed by atoms with Crippen molar-refractivity contribution in [1.82, 2.24) is 10.6 Å². The first-order valence-corrected chi connectivity index (χ1v) is 15.5. The van der Waals surface area contributed by atoms with Crippen molar-refractivity contribution in [3.63, 3.8) is 0 Å². The lowest BCUT2D eigenvalue weighted by Gasteiger charge is -2.44. The second kappa shape index (κ2) is 13.2. The SMILES string of the molecule is C=C[C@@H](NCc1ccccc1)[C@H](CO[Si](c1ccccc1)(c1ccccc1)C(C)(C)C)NC(=O)OC(C)(C)C. The summed E-state index contributed by atoms with van der Waals surface area (Å²) in [5.74, 6) is 0.